The lowest BCUT2D eigenvalue weighted by atomic mass is 10.0. The Morgan fingerprint density at radius 2 is 1.68 bits per heavy atom. The first-order valence-electron chi connectivity index (χ1n) is 6.62. The Labute approximate surface area is 131 Å². The van der Waals surface area contributed by atoms with Crippen LogP contribution in [0.5, 0.6) is 0 Å². The molecule has 0 fully saturated rings. The molecule has 3 rings (SSSR count). The highest BCUT2D eigenvalue weighted by Crippen LogP contribution is 2.36. The minimum absolute atomic E-state index is 0.254. The van der Waals surface area contributed by atoms with E-state index in [9.17, 15) is 10.1 Å². The number of carboxylic acid groups (broad SMARTS) is 1. The molecule has 2 aromatic carbocycles. The summed E-state index contributed by atoms with van der Waals surface area (Å²) in [6.45, 7) is 0. The van der Waals surface area contributed by atoms with Gasteiger partial charge in [0.05, 0.1) is 5.56 Å². The van der Waals surface area contributed by atoms with Crippen molar-refractivity contribution in [3.8, 4) is 27.6 Å². The second kappa shape index (κ2) is 5.84. The molecule has 22 heavy (non-hydrogen) atoms. The van der Waals surface area contributed by atoms with Gasteiger partial charge in [-0.2, -0.15) is 5.26 Å². The van der Waals surface area contributed by atoms with Crippen molar-refractivity contribution >= 4 is 17.3 Å². The van der Waals surface area contributed by atoms with Crippen LogP contribution < -0.4 is 0 Å². The molecule has 3 aromatic rings. The molecule has 3 nitrogen and oxygen atoms in total. The van der Waals surface area contributed by atoms with Gasteiger partial charge in [-0.15, -0.1) is 11.3 Å². The van der Waals surface area contributed by atoms with Crippen molar-refractivity contribution in [2.75, 3.05) is 0 Å². The highest BCUT2D eigenvalue weighted by atomic mass is 32.1. The van der Waals surface area contributed by atoms with E-state index in [1.54, 1.807) is 24.3 Å². The van der Waals surface area contributed by atoms with E-state index in [0.29, 0.717) is 4.88 Å². The van der Waals surface area contributed by atoms with Crippen LogP contribution in [0, 0.1) is 11.3 Å². The van der Waals surface area contributed by atoms with Crippen LogP contribution in [0.1, 0.15) is 15.2 Å². The number of benzene rings is 2. The quantitative estimate of drug-likeness (QED) is 0.766. The van der Waals surface area contributed by atoms with E-state index in [4.69, 9.17) is 5.11 Å². The number of nitrogens with zero attached hydrogens (tertiary/aromatic N) is 1. The molecular weight excluding hydrogens is 294 g/mol. The maximum absolute atomic E-state index is 10.9. The number of aromatic carboxylic acids is 1. The molecule has 0 saturated heterocycles. The van der Waals surface area contributed by atoms with Gasteiger partial charge in [-0.3, -0.25) is 0 Å². The summed E-state index contributed by atoms with van der Waals surface area (Å²) in [5.74, 6) is -0.944. The van der Waals surface area contributed by atoms with E-state index >= 15 is 0 Å². The molecule has 0 saturated carbocycles. The van der Waals surface area contributed by atoms with Gasteiger partial charge < -0.3 is 5.11 Å². The molecule has 0 radical (unpaired) electrons. The van der Waals surface area contributed by atoms with Crippen molar-refractivity contribution in [2.45, 2.75) is 0 Å². The first-order valence-corrected chi connectivity index (χ1v) is 7.44. The van der Waals surface area contributed by atoms with E-state index in [0.717, 1.165) is 21.6 Å². The number of hydrogen-bond acceptors (Lipinski definition) is 3. The third-order valence-corrected chi connectivity index (χ3v) is 4.42. The molecule has 4 heteroatoms. The molecule has 1 aromatic heterocycles. The van der Waals surface area contributed by atoms with Crippen LogP contribution in [0.15, 0.2) is 60.7 Å². The lowest BCUT2D eigenvalue weighted by Gasteiger charge is -1.99. The minimum Gasteiger partial charge on any atom is -0.478 e. The third kappa shape index (κ3) is 2.62. The smallest absolute Gasteiger partial charge is 0.335 e. The number of carboxylic acids is 1. The fourth-order valence-electron chi connectivity index (χ4n) is 2.23. The highest BCUT2D eigenvalue weighted by Gasteiger charge is 2.12. The molecule has 1 heterocycles. The molecule has 0 unspecified atom stereocenters. The Kier molecular flexibility index (Phi) is 3.73. The average molecular weight is 305 g/mol. The van der Waals surface area contributed by atoms with Crippen LogP contribution in [0.2, 0.25) is 0 Å². The lowest BCUT2D eigenvalue weighted by Crippen LogP contribution is -1.94. The number of hydrogen-bond donors (Lipinski definition) is 1. The van der Waals surface area contributed by atoms with Gasteiger partial charge in [0, 0.05) is 10.4 Å². The van der Waals surface area contributed by atoms with Crippen LogP contribution in [-0.4, -0.2) is 11.1 Å². The number of carbonyl (C=O) groups is 1. The van der Waals surface area contributed by atoms with Crippen molar-refractivity contribution in [1.82, 2.24) is 0 Å². The Morgan fingerprint density at radius 1 is 1.00 bits per heavy atom. The summed E-state index contributed by atoms with van der Waals surface area (Å²) in [5, 5.41) is 18.3. The molecule has 0 bridgehead atoms. The highest BCUT2D eigenvalue weighted by molar-refractivity contribution is 7.16. The first-order chi connectivity index (χ1) is 10.7. The van der Waals surface area contributed by atoms with Gasteiger partial charge in [-0.05, 0) is 29.3 Å². The van der Waals surface area contributed by atoms with Gasteiger partial charge in [0.15, 0.2) is 0 Å². The summed E-state index contributed by atoms with van der Waals surface area (Å²) >= 11 is 1.41. The van der Waals surface area contributed by atoms with Crippen LogP contribution in [-0.2, 0) is 0 Å². The molecule has 0 atom stereocenters. The number of nitriles is 1. The molecule has 0 aliphatic heterocycles. The Bertz CT molecular complexity index is 858. The summed E-state index contributed by atoms with van der Waals surface area (Å²) in [6, 6.07) is 20.7. The minimum atomic E-state index is -0.944. The molecule has 1 N–H and O–H groups in total. The molecule has 0 spiro atoms. The van der Waals surface area contributed by atoms with E-state index < -0.39 is 5.97 Å². The Hall–Kier alpha value is -2.90. The molecular formula is C18H11NO2S. The van der Waals surface area contributed by atoms with Crippen molar-refractivity contribution in [3.05, 3.63) is 71.1 Å². The van der Waals surface area contributed by atoms with Crippen molar-refractivity contribution in [2.24, 2.45) is 0 Å². The molecule has 106 valence electrons. The summed E-state index contributed by atoms with van der Waals surface area (Å²) < 4.78 is 0. The zero-order valence-electron chi connectivity index (χ0n) is 11.5. The molecule has 0 aliphatic carbocycles. The topological polar surface area (TPSA) is 61.1 Å². The standard InChI is InChI=1S/C18H11NO2S/c19-11-17-15(12-4-2-1-3-5-12)10-16(22-17)13-6-8-14(9-7-13)18(20)21/h1-10H,(H,20,21). The zero-order chi connectivity index (χ0) is 15.5. The maximum Gasteiger partial charge on any atom is 0.335 e. The van der Waals surface area contributed by atoms with E-state index in [1.165, 1.54) is 11.3 Å². The number of rotatable bonds is 3. The van der Waals surface area contributed by atoms with E-state index in [-0.39, 0.29) is 5.56 Å². The predicted octanol–water partition coefficient (Wildman–Crippen LogP) is 4.65. The number of thiophene rings is 1. The van der Waals surface area contributed by atoms with Gasteiger partial charge in [0.2, 0.25) is 0 Å². The van der Waals surface area contributed by atoms with Crippen molar-refractivity contribution in [3.63, 3.8) is 0 Å². The summed E-state index contributed by atoms with van der Waals surface area (Å²) in [6.07, 6.45) is 0. The fourth-order valence-corrected chi connectivity index (χ4v) is 3.21. The lowest BCUT2D eigenvalue weighted by molar-refractivity contribution is 0.0697. The second-order valence-corrected chi connectivity index (χ2v) is 5.77. The van der Waals surface area contributed by atoms with Crippen molar-refractivity contribution < 1.29 is 9.90 Å². The summed E-state index contributed by atoms with van der Waals surface area (Å²) in [5.41, 5.74) is 3.08. The summed E-state index contributed by atoms with van der Waals surface area (Å²) in [4.78, 5) is 12.5. The third-order valence-electron chi connectivity index (χ3n) is 3.33. The average Bonchev–Trinajstić information content (AvgIpc) is 3.00. The van der Waals surface area contributed by atoms with Gasteiger partial charge in [-0.1, -0.05) is 42.5 Å². The van der Waals surface area contributed by atoms with Gasteiger partial charge >= 0.3 is 5.97 Å². The predicted molar refractivity (Wildman–Crippen MR) is 86.9 cm³/mol. The van der Waals surface area contributed by atoms with Gasteiger partial charge in [-0.25, -0.2) is 4.79 Å². The monoisotopic (exact) mass is 305 g/mol. The summed E-state index contributed by atoms with van der Waals surface area (Å²) in [7, 11) is 0. The van der Waals surface area contributed by atoms with E-state index in [1.807, 2.05) is 36.4 Å². The first kappa shape index (κ1) is 14.1. The molecule has 0 amide bonds. The fraction of sp³-hybridized carbons (Fsp3) is 0. The maximum atomic E-state index is 10.9. The Balaban J connectivity index is 2.04. The second-order valence-electron chi connectivity index (χ2n) is 4.71. The molecule has 0 aliphatic rings. The van der Waals surface area contributed by atoms with Crippen molar-refractivity contribution in [1.29, 1.82) is 5.26 Å². The van der Waals surface area contributed by atoms with Crippen LogP contribution in [0.4, 0.5) is 0 Å². The SMILES string of the molecule is N#Cc1sc(-c2ccc(C(=O)O)cc2)cc1-c1ccccc1. The normalized spacial score (nSPS) is 10.1. The Morgan fingerprint density at radius 3 is 2.27 bits per heavy atom. The largest absolute Gasteiger partial charge is 0.478 e. The van der Waals surface area contributed by atoms with Crippen LogP contribution >= 0.6 is 11.3 Å². The van der Waals surface area contributed by atoms with Gasteiger partial charge in [0.25, 0.3) is 0 Å². The van der Waals surface area contributed by atoms with Crippen LogP contribution in [0.3, 0.4) is 0 Å². The van der Waals surface area contributed by atoms with Crippen LogP contribution in [0.25, 0.3) is 21.6 Å². The van der Waals surface area contributed by atoms with Gasteiger partial charge in [0.1, 0.15) is 10.9 Å². The van der Waals surface area contributed by atoms with E-state index in [2.05, 4.69) is 6.07 Å². The zero-order valence-corrected chi connectivity index (χ0v) is 12.3.